The van der Waals surface area contributed by atoms with E-state index in [2.05, 4.69) is 55.5 Å². The van der Waals surface area contributed by atoms with Crippen LogP contribution in [0.5, 0.6) is 0 Å². The quantitative estimate of drug-likeness (QED) is 0.209. The van der Waals surface area contributed by atoms with E-state index < -0.39 is 0 Å². The number of Topliss-reactive ketones (excluding diaryl/α,β-unsaturated/α-hetero) is 1. The number of carbonyl (C=O) groups is 1. The minimum atomic E-state index is 0.240. The third-order valence-corrected chi connectivity index (χ3v) is 3.49. The molecule has 0 rings (SSSR count). The molecule has 0 aromatic carbocycles. The molecule has 2 radical (unpaired) electrons. The first-order valence-electron chi connectivity index (χ1n) is 9.01. The minimum absolute atomic E-state index is 0.240. The van der Waals surface area contributed by atoms with E-state index in [0.29, 0.717) is 6.42 Å². The largest absolute Gasteiger partial charge is 0.300 e. The lowest BCUT2D eigenvalue weighted by Crippen LogP contribution is -1.90. The lowest BCUT2D eigenvalue weighted by atomic mass is 9.80. The van der Waals surface area contributed by atoms with Gasteiger partial charge in [0.1, 0.15) is 5.78 Å². The van der Waals surface area contributed by atoms with Crippen molar-refractivity contribution in [3.05, 3.63) is 48.6 Å². The standard InChI is InChI=1S/C21H33BO/c1-3-4-5-6-7-8-9-12-15-18-21(22)19-16-13-10-11-14-17-20(2)23/h4-5,7-8,10,12-13,15,21H,3,6,9,11,14,16-19H2,1-2H3/b5-4-,8-7-,13-10-,15-12-. The van der Waals surface area contributed by atoms with E-state index in [-0.39, 0.29) is 11.6 Å². The molecule has 0 saturated carbocycles. The lowest BCUT2D eigenvalue weighted by molar-refractivity contribution is -0.117. The Balaban J connectivity index is 3.53. The summed E-state index contributed by atoms with van der Waals surface area (Å²) in [5, 5.41) is 0. The van der Waals surface area contributed by atoms with E-state index in [1.54, 1.807) is 6.92 Å². The van der Waals surface area contributed by atoms with Gasteiger partial charge in [0.15, 0.2) is 0 Å². The minimum Gasteiger partial charge on any atom is -0.300 e. The third-order valence-electron chi connectivity index (χ3n) is 3.49. The Bertz CT molecular complexity index is 391. The average Bonchev–Trinajstić information content (AvgIpc) is 2.52. The molecule has 0 amide bonds. The second-order valence-electron chi connectivity index (χ2n) is 5.93. The molecule has 126 valence electrons. The van der Waals surface area contributed by atoms with Crippen molar-refractivity contribution in [3.63, 3.8) is 0 Å². The first-order valence-corrected chi connectivity index (χ1v) is 9.01. The van der Waals surface area contributed by atoms with Crippen molar-refractivity contribution in [2.75, 3.05) is 0 Å². The summed E-state index contributed by atoms with van der Waals surface area (Å²) in [5.74, 6) is 0.518. The maximum absolute atomic E-state index is 10.8. The molecule has 0 spiro atoms. The highest BCUT2D eigenvalue weighted by Crippen LogP contribution is 2.15. The molecule has 0 N–H and O–H groups in total. The van der Waals surface area contributed by atoms with Crippen molar-refractivity contribution in [1.29, 1.82) is 0 Å². The van der Waals surface area contributed by atoms with Crippen LogP contribution in [0.1, 0.15) is 71.6 Å². The van der Waals surface area contributed by atoms with Gasteiger partial charge in [0.25, 0.3) is 0 Å². The molecule has 1 unspecified atom stereocenters. The van der Waals surface area contributed by atoms with E-state index in [4.69, 9.17) is 7.85 Å². The summed E-state index contributed by atoms with van der Waals surface area (Å²) >= 11 is 0. The molecule has 0 aromatic rings. The van der Waals surface area contributed by atoms with Gasteiger partial charge in [-0.3, -0.25) is 0 Å². The summed E-state index contributed by atoms with van der Waals surface area (Å²) in [4.78, 5) is 10.8. The molecule has 0 bridgehead atoms. The van der Waals surface area contributed by atoms with Crippen molar-refractivity contribution >= 4 is 13.6 Å². The van der Waals surface area contributed by atoms with Gasteiger partial charge in [-0.05, 0) is 51.9 Å². The second kappa shape index (κ2) is 17.1. The van der Waals surface area contributed by atoms with Gasteiger partial charge < -0.3 is 4.79 Å². The van der Waals surface area contributed by atoms with Crippen LogP contribution in [-0.4, -0.2) is 13.6 Å². The van der Waals surface area contributed by atoms with Gasteiger partial charge in [-0.25, -0.2) is 0 Å². The number of carbonyl (C=O) groups excluding carboxylic acids is 1. The normalized spacial score (nSPS) is 13.8. The number of rotatable bonds is 14. The fourth-order valence-corrected chi connectivity index (χ4v) is 2.11. The van der Waals surface area contributed by atoms with Crippen molar-refractivity contribution in [1.82, 2.24) is 0 Å². The summed E-state index contributed by atoms with van der Waals surface area (Å²) in [6.45, 7) is 3.80. The molecular weight excluding hydrogens is 279 g/mol. The molecule has 1 nitrogen and oxygen atoms in total. The number of hydrogen-bond acceptors (Lipinski definition) is 1. The molecule has 0 aliphatic carbocycles. The highest BCUT2D eigenvalue weighted by molar-refractivity contribution is 6.11. The highest BCUT2D eigenvalue weighted by atomic mass is 16.1. The van der Waals surface area contributed by atoms with E-state index in [1.807, 2.05) is 0 Å². The first-order chi connectivity index (χ1) is 11.2. The van der Waals surface area contributed by atoms with Gasteiger partial charge in [0.2, 0.25) is 0 Å². The van der Waals surface area contributed by atoms with Gasteiger partial charge in [-0.2, -0.15) is 0 Å². The maximum atomic E-state index is 10.8. The zero-order chi connectivity index (χ0) is 17.2. The molecule has 23 heavy (non-hydrogen) atoms. The van der Waals surface area contributed by atoms with Gasteiger partial charge in [-0.1, -0.05) is 67.8 Å². The Morgan fingerprint density at radius 1 is 0.913 bits per heavy atom. The molecule has 1 atom stereocenters. The summed E-state index contributed by atoms with van der Waals surface area (Å²) in [6, 6.07) is 0. The van der Waals surface area contributed by atoms with E-state index >= 15 is 0 Å². The number of allylic oxidation sites excluding steroid dienone is 8. The fourth-order valence-electron chi connectivity index (χ4n) is 2.11. The van der Waals surface area contributed by atoms with Crippen molar-refractivity contribution in [3.8, 4) is 0 Å². The van der Waals surface area contributed by atoms with Crippen LogP contribution in [0.25, 0.3) is 0 Å². The van der Waals surface area contributed by atoms with Gasteiger partial charge in [0, 0.05) is 6.42 Å². The van der Waals surface area contributed by atoms with Crippen molar-refractivity contribution in [2.45, 2.75) is 77.5 Å². The Kier molecular flexibility index (Phi) is 16.1. The zero-order valence-corrected chi connectivity index (χ0v) is 15.0. The molecule has 0 aliphatic heterocycles. The number of hydrogen-bond donors (Lipinski definition) is 0. The van der Waals surface area contributed by atoms with Crippen LogP contribution in [0.15, 0.2) is 48.6 Å². The van der Waals surface area contributed by atoms with Crippen LogP contribution < -0.4 is 0 Å². The van der Waals surface area contributed by atoms with Crippen LogP contribution in [0.3, 0.4) is 0 Å². The maximum Gasteiger partial charge on any atom is 0.129 e. The van der Waals surface area contributed by atoms with Gasteiger partial charge in [0.05, 0.1) is 7.85 Å². The molecule has 2 heteroatoms. The Hall–Kier alpha value is -1.31. The van der Waals surface area contributed by atoms with E-state index in [9.17, 15) is 4.79 Å². The summed E-state index contributed by atoms with van der Waals surface area (Å²) < 4.78 is 0. The Morgan fingerprint density at radius 3 is 2.17 bits per heavy atom. The van der Waals surface area contributed by atoms with Gasteiger partial charge >= 0.3 is 0 Å². The summed E-state index contributed by atoms with van der Waals surface area (Å²) in [6.07, 6.45) is 26.3. The van der Waals surface area contributed by atoms with Crippen LogP contribution >= 0.6 is 0 Å². The fraction of sp³-hybridized carbons (Fsp3) is 0.571. The van der Waals surface area contributed by atoms with Crippen molar-refractivity contribution < 1.29 is 4.79 Å². The van der Waals surface area contributed by atoms with E-state index in [1.165, 1.54) is 0 Å². The Morgan fingerprint density at radius 2 is 1.52 bits per heavy atom. The van der Waals surface area contributed by atoms with Crippen LogP contribution in [0.4, 0.5) is 0 Å². The smallest absolute Gasteiger partial charge is 0.129 e. The van der Waals surface area contributed by atoms with Crippen LogP contribution in [0, 0.1) is 0 Å². The SMILES string of the molecule is [B]C(C/C=C\C/C=C\C/C=C\CC)CC/C=C\CCCC(C)=O. The predicted octanol–water partition coefficient (Wildman–Crippen LogP) is 6.29. The molecule has 0 fully saturated rings. The van der Waals surface area contributed by atoms with E-state index in [0.717, 1.165) is 51.4 Å². The zero-order valence-electron chi connectivity index (χ0n) is 15.0. The monoisotopic (exact) mass is 312 g/mol. The first kappa shape index (κ1) is 21.7. The molecule has 0 aliphatic rings. The third kappa shape index (κ3) is 18.6. The van der Waals surface area contributed by atoms with Crippen LogP contribution in [-0.2, 0) is 4.79 Å². The topological polar surface area (TPSA) is 17.1 Å². The molecule has 0 aromatic heterocycles. The number of ketones is 1. The molecular formula is C21H33BO. The molecule has 0 heterocycles. The summed E-state index contributed by atoms with van der Waals surface area (Å²) in [7, 11) is 6.09. The second-order valence-corrected chi connectivity index (χ2v) is 5.93. The molecule has 0 saturated heterocycles. The van der Waals surface area contributed by atoms with Gasteiger partial charge in [-0.15, -0.1) is 0 Å². The average molecular weight is 312 g/mol. The lowest BCUT2D eigenvalue weighted by Gasteiger charge is -2.05. The van der Waals surface area contributed by atoms with Crippen molar-refractivity contribution in [2.24, 2.45) is 0 Å². The number of unbranched alkanes of at least 4 members (excludes halogenated alkanes) is 1. The van der Waals surface area contributed by atoms with Crippen LogP contribution in [0.2, 0.25) is 5.82 Å². The Labute approximate surface area is 145 Å². The highest BCUT2D eigenvalue weighted by Gasteiger charge is 1.97. The summed E-state index contributed by atoms with van der Waals surface area (Å²) in [5.41, 5.74) is 0. The predicted molar refractivity (Wildman–Crippen MR) is 104 cm³/mol.